The van der Waals surface area contributed by atoms with E-state index in [0.717, 1.165) is 34.0 Å². The van der Waals surface area contributed by atoms with Crippen LogP contribution < -0.4 is 20.7 Å². The van der Waals surface area contributed by atoms with Crippen LogP contribution in [0.25, 0.3) is 10.4 Å². The van der Waals surface area contributed by atoms with Crippen LogP contribution >= 0.6 is 11.3 Å². The maximum Gasteiger partial charge on any atom is 0.320 e. The van der Waals surface area contributed by atoms with Gasteiger partial charge in [-0.25, -0.2) is 4.79 Å². The maximum atomic E-state index is 12.4. The van der Waals surface area contributed by atoms with Gasteiger partial charge in [-0.15, -0.1) is 11.3 Å². The molecule has 0 atom stereocenters. The van der Waals surface area contributed by atoms with Gasteiger partial charge >= 0.3 is 6.03 Å². The number of primary amides is 1. The summed E-state index contributed by atoms with van der Waals surface area (Å²) in [6, 6.07) is 11.7. The van der Waals surface area contributed by atoms with Crippen molar-refractivity contribution in [3.63, 3.8) is 0 Å². The van der Waals surface area contributed by atoms with Crippen molar-refractivity contribution in [1.82, 2.24) is 5.32 Å². The molecule has 1 aliphatic heterocycles. The Labute approximate surface area is 165 Å². The molecule has 1 fully saturated rings. The van der Waals surface area contributed by atoms with E-state index in [1.807, 2.05) is 30.3 Å². The number of methoxy groups -OCH3 is 1. The zero-order valence-corrected chi connectivity index (χ0v) is 17.5. The van der Waals surface area contributed by atoms with Gasteiger partial charge in [0.2, 0.25) is 0 Å². The van der Waals surface area contributed by atoms with Gasteiger partial charge < -0.3 is 15.8 Å². The van der Waals surface area contributed by atoms with Gasteiger partial charge in [-0.05, 0) is 82.5 Å². The Kier molecular flexibility index (Phi) is 5.23. The van der Waals surface area contributed by atoms with E-state index in [9.17, 15) is 4.79 Å². The highest BCUT2D eigenvalue weighted by Gasteiger charge is 2.41. The molecule has 5 nitrogen and oxygen atoms in total. The molecule has 2 aromatic rings. The van der Waals surface area contributed by atoms with Crippen LogP contribution in [0.1, 0.15) is 40.5 Å². The first kappa shape index (κ1) is 19.7. The average molecular weight is 388 g/mol. The van der Waals surface area contributed by atoms with Gasteiger partial charge in [-0.2, -0.15) is 0 Å². The molecular weight excluding hydrogens is 358 g/mol. The normalized spacial score (nSPS) is 18.9. The first-order valence-corrected chi connectivity index (χ1v) is 10.0. The standard InChI is InChI=1S/C21H29N3O2S/c1-20(2)12-15(13-21(3,4)23-20)24(19(22)25)18-11-10-17(27-18)14-6-8-16(26-5)9-7-14/h6-11,15,23H,12-13H2,1-5H3,(H2,22,25). The SMILES string of the molecule is COc1ccc(-c2ccc(N(C(N)=O)C3CC(C)(C)NC(C)(C)C3)s2)cc1. The predicted molar refractivity (Wildman–Crippen MR) is 113 cm³/mol. The third-order valence-electron chi connectivity index (χ3n) is 4.98. The predicted octanol–water partition coefficient (Wildman–Crippen LogP) is 4.62. The van der Waals surface area contributed by atoms with Gasteiger partial charge in [0.15, 0.2) is 0 Å². The number of thiophene rings is 1. The van der Waals surface area contributed by atoms with Crippen molar-refractivity contribution in [2.24, 2.45) is 5.73 Å². The highest BCUT2D eigenvalue weighted by atomic mass is 32.1. The van der Waals surface area contributed by atoms with Crippen LogP contribution in [0.4, 0.5) is 9.80 Å². The Morgan fingerprint density at radius 3 is 2.22 bits per heavy atom. The van der Waals surface area contributed by atoms with Crippen molar-refractivity contribution < 1.29 is 9.53 Å². The molecule has 0 radical (unpaired) electrons. The number of ether oxygens (including phenoxy) is 1. The highest BCUT2D eigenvalue weighted by molar-refractivity contribution is 7.19. The maximum absolute atomic E-state index is 12.4. The van der Waals surface area contributed by atoms with Crippen LogP contribution in [-0.2, 0) is 0 Å². The summed E-state index contributed by atoms with van der Waals surface area (Å²) in [6.45, 7) is 8.71. The molecule has 2 heterocycles. The second kappa shape index (κ2) is 7.17. The molecule has 0 saturated carbocycles. The van der Waals surface area contributed by atoms with Gasteiger partial charge in [0.05, 0.1) is 12.1 Å². The summed E-state index contributed by atoms with van der Waals surface area (Å²) in [7, 11) is 1.66. The Balaban J connectivity index is 1.90. The largest absolute Gasteiger partial charge is 0.497 e. The minimum absolute atomic E-state index is 0.0593. The lowest BCUT2D eigenvalue weighted by Crippen LogP contribution is -2.63. The molecule has 1 aromatic heterocycles. The van der Waals surface area contributed by atoms with Gasteiger partial charge in [-0.3, -0.25) is 4.90 Å². The van der Waals surface area contributed by atoms with E-state index in [1.54, 1.807) is 23.3 Å². The van der Waals surface area contributed by atoms with Gasteiger partial charge in [-0.1, -0.05) is 0 Å². The lowest BCUT2D eigenvalue weighted by molar-refractivity contribution is 0.160. The fourth-order valence-electron chi connectivity index (χ4n) is 4.29. The van der Waals surface area contributed by atoms with E-state index < -0.39 is 6.03 Å². The molecule has 1 aliphatic rings. The summed E-state index contributed by atoms with van der Waals surface area (Å²) in [5.41, 5.74) is 6.80. The van der Waals surface area contributed by atoms with Crippen LogP contribution in [-0.4, -0.2) is 30.3 Å². The number of carbonyl (C=O) groups excluding carboxylic acids is 1. The first-order valence-electron chi connectivity index (χ1n) is 9.22. The van der Waals surface area contributed by atoms with Crippen LogP contribution in [0.2, 0.25) is 0 Å². The summed E-state index contributed by atoms with van der Waals surface area (Å²) < 4.78 is 5.23. The smallest absolute Gasteiger partial charge is 0.320 e. The number of anilines is 1. The van der Waals surface area contributed by atoms with E-state index in [1.165, 1.54) is 0 Å². The van der Waals surface area contributed by atoms with Crippen molar-refractivity contribution in [3.8, 4) is 16.2 Å². The van der Waals surface area contributed by atoms with E-state index in [4.69, 9.17) is 10.5 Å². The Morgan fingerprint density at radius 1 is 1.11 bits per heavy atom. The van der Waals surface area contributed by atoms with Crippen LogP contribution in [0.15, 0.2) is 36.4 Å². The van der Waals surface area contributed by atoms with Crippen LogP contribution in [0.5, 0.6) is 5.75 Å². The number of rotatable bonds is 4. The fourth-order valence-corrected chi connectivity index (χ4v) is 5.38. The third-order valence-corrected chi connectivity index (χ3v) is 6.11. The molecule has 2 amide bonds. The van der Waals surface area contributed by atoms with Gasteiger partial charge in [0, 0.05) is 22.0 Å². The van der Waals surface area contributed by atoms with E-state index in [0.29, 0.717) is 0 Å². The number of nitrogens with two attached hydrogens (primary N) is 1. The minimum Gasteiger partial charge on any atom is -0.497 e. The lowest BCUT2D eigenvalue weighted by atomic mass is 9.79. The summed E-state index contributed by atoms with van der Waals surface area (Å²) >= 11 is 1.59. The van der Waals surface area contributed by atoms with Gasteiger partial charge in [0.25, 0.3) is 0 Å². The Bertz CT molecular complexity index is 795. The molecule has 6 heteroatoms. The number of carbonyl (C=O) groups is 1. The molecule has 3 rings (SSSR count). The number of piperidine rings is 1. The number of benzene rings is 1. The topological polar surface area (TPSA) is 67.6 Å². The molecule has 3 N–H and O–H groups in total. The van der Waals surface area contributed by atoms with Crippen molar-refractivity contribution >= 4 is 22.4 Å². The molecule has 1 saturated heterocycles. The zero-order chi connectivity index (χ0) is 19.8. The fraction of sp³-hybridized carbons (Fsp3) is 0.476. The van der Waals surface area contributed by atoms with Crippen molar-refractivity contribution in [1.29, 1.82) is 0 Å². The molecule has 0 aliphatic carbocycles. The monoisotopic (exact) mass is 387 g/mol. The molecule has 0 unspecified atom stereocenters. The first-order chi connectivity index (χ1) is 12.6. The molecular formula is C21H29N3O2S. The van der Waals surface area contributed by atoms with Crippen molar-refractivity contribution in [3.05, 3.63) is 36.4 Å². The number of urea groups is 1. The number of nitrogens with one attached hydrogen (secondary N) is 1. The quantitative estimate of drug-likeness (QED) is 0.804. The van der Waals surface area contributed by atoms with E-state index >= 15 is 0 Å². The number of nitrogens with zero attached hydrogens (tertiary/aromatic N) is 1. The summed E-state index contributed by atoms with van der Waals surface area (Å²) in [5, 5.41) is 4.56. The summed E-state index contributed by atoms with van der Waals surface area (Å²) in [5.74, 6) is 0.827. The Hall–Kier alpha value is -2.05. The summed E-state index contributed by atoms with van der Waals surface area (Å²) in [6.07, 6.45) is 1.71. The molecule has 146 valence electrons. The van der Waals surface area contributed by atoms with Crippen LogP contribution in [0, 0.1) is 0 Å². The van der Waals surface area contributed by atoms with Gasteiger partial charge in [0.1, 0.15) is 5.75 Å². The summed E-state index contributed by atoms with van der Waals surface area (Å²) in [4.78, 5) is 15.3. The lowest BCUT2D eigenvalue weighted by Gasteiger charge is -2.49. The highest BCUT2D eigenvalue weighted by Crippen LogP contribution is 2.39. The second-order valence-electron chi connectivity index (χ2n) is 8.53. The molecule has 27 heavy (non-hydrogen) atoms. The van der Waals surface area contributed by atoms with E-state index in [-0.39, 0.29) is 17.1 Å². The van der Waals surface area contributed by atoms with Crippen molar-refractivity contribution in [2.45, 2.75) is 57.7 Å². The second-order valence-corrected chi connectivity index (χ2v) is 9.59. The Morgan fingerprint density at radius 2 is 1.70 bits per heavy atom. The molecule has 0 bridgehead atoms. The molecule has 1 aromatic carbocycles. The average Bonchev–Trinajstić information content (AvgIpc) is 3.01. The number of hydrogen-bond acceptors (Lipinski definition) is 4. The number of amides is 2. The number of hydrogen-bond donors (Lipinski definition) is 2. The van der Waals surface area contributed by atoms with Crippen molar-refractivity contribution in [2.75, 3.05) is 12.0 Å². The minimum atomic E-state index is -0.392. The molecule has 0 spiro atoms. The van der Waals surface area contributed by atoms with E-state index in [2.05, 4.69) is 39.1 Å². The van der Waals surface area contributed by atoms with Crippen LogP contribution in [0.3, 0.4) is 0 Å². The zero-order valence-electron chi connectivity index (χ0n) is 16.7. The third kappa shape index (κ3) is 4.45.